The summed E-state index contributed by atoms with van der Waals surface area (Å²) >= 11 is 0. The van der Waals surface area contributed by atoms with E-state index in [1.54, 1.807) is 0 Å². The maximum Gasteiger partial charge on any atom is 0.418 e. The van der Waals surface area contributed by atoms with E-state index in [2.05, 4.69) is 45.7 Å². The smallest absolute Gasteiger partial charge is 0.418 e. The lowest BCUT2D eigenvalue weighted by Crippen LogP contribution is -2.52. The summed E-state index contributed by atoms with van der Waals surface area (Å²) in [5.41, 5.74) is 0.124. The third-order valence-electron chi connectivity index (χ3n) is 4.62. The Morgan fingerprint density at radius 1 is 1.17 bits per heavy atom. The predicted molar refractivity (Wildman–Crippen MR) is 96.4 cm³/mol. The molecule has 0 unspecified atom stereocenters. The van der Waals surface area contributed by atoms with Gasteiger partial charge in [-0.2, -0.15) is 0 Å². The Morgan fingerprint density at radius 3 is 2.09 bits per heavy atom. The van der Waals surface area contributed by atoms with E-state index in [0.717, 1.165) is 6.20 Å². The Morgan fingerprint density at radius 2 is 1.70 bits per heavy atom. The van der Waals surface area contributed by atoms with Crippen molar-refractivity contribution in [2.75, 3.05) is 0 Å². The number of imide groups is 1. The quantitative estimate of drug-likeness (QED) is 0.803. The van der Waals surface area contributed by atoms with Gasteiger partial charge in [0.25, 0.3) is 0 Å². The molecule has 1 N–H and O–H groups in total. The highest BCUT2D eigenvalue weighted by Gasteiger charge is 2.43. The fourth-order valence-electron chi connectivity index (χ4n) is 3.73. The molecule has 0 radical (unpaired) electrons. The van der Waals surface area contributed by atoms with Crippen LogP contribution in [0.5, 0.6) is 0 Å². The Labute approximate surface area is 139 Å². The molecule has 1 aromatic carbocycles. The topological polar surface area (TPSA) is 57.6 Å². The first-order valence-electron chi connectivity index (χ1n) is 7.88. The highest BCUT2D eigenvalue weighted by atomic mass is 28.3. The zero-order valence-corrected chi connectivity index (χ0v) is 15.6. The van der Waals surface area contributed by atoms with Gasteiger partial charge in [-0.25, -0.2) is 9.69 Å². The van der Waals surface area contributed by atoms with Crippen LogP contribution in [-0.4, -0.2) is 30.1 Å². The van der Waals surface area contributed by atoms with Crippen molar-refractivity contribution in [3.8, 4) is 0 Å². The summed E-state index contributed by atoms with van der Waals surface area (Å²) in [6, 6.07) is 10.2. The van der Waals surface area contributed by atoms with Crippen LogP contribution in [0.15, 0.2) is 43.1 Å². The van der Waals surface area contributed by atoms with Crippen LogP contribution in [0.4, 0.5) is 4.79 Å². The summed E-state index contributed by atoms with van der Waals surface area (Å²) in [6.45, 7) is 14.0. The maximum absolute atomic E-state index is 12.6. The van der Waals surface area contributed by atoms with E-state index in [1.807, 2.05) is 25.1 Å². The van der Waals surface area contributed by atoms with Gasteiger partial charge in [-0.15, -0.1) is 0 Å². The summed E-state index contributed by atoms with van der Waals surface area (Å²) in [5.74, 6) is -0.509. The SMILES string of the molecule is C=CN(C(=O)O)C(=O)[C@@H](C)[C@H](C(C)C)[Si](C)(C)c1ccccc1. The molecule has 0 aliphatic heterocycles. The third-order valence-corrected chi connectivity index (χ3v) is 9.28. The largest absolute Gasteiger partial charge is 0.464 e. The number of carbonyl (C=O) groups is 2. The van der Waals surface area contributed by atoms with Gasteiger partial charge in [0.1, 0.15) is 0 Å². The molecule has 23 heavy (non-hydrogen) atoms. The van der Waals surface area contributed by atoms with Gasteiger partial charge in [0.05, 0.1) is 8.07 Å². The van der Waals surface area contributed by atoms with Crippen molar-refractivity contribution >= 4 is 25.3 Å². The number of hydrogen-bond donors (Lipinski definition) is 1. The van der Waals surface area contributed by atoms with Crippen LogP contribution in [0.1, 0.15) is 20.8 Å². The Hall–Kier alpha value is -1.88. The molecule has 0 saturated heterocycles. The summed E-state index contributed by atoms with van der Waals surface area (Å²) in [6.07, 6.45) is -0.200. The average molecular weight is 334 g/mol. The normalized spacial score (nSPS) is 14.2. The first-order chi connectivity index (χ1) is 10.6. The Balaban J connectivity index is 3.23. The molecular formula is C18H27NO3Si. The molecule has 0 fully saturated rings. The van der Waals surface area contributed by atoms with E-state index in [4.69, 9.17) is 0 Å². The predicted octanol–water partition coefficient (Wildman–Crippen LogP) is 3.91. The van der Waals surface area contributed by atoms with E-state index in [-0.39, 0.29) is 17.4 Å². The summed E-state index contributed by atoms with van der Waals surface area (Å²) in [4.78, 5) is 24.6. The molecule has 1 aromatic rings. The molecule has 0 saturated carbocycles. The molecule has 0 aliphatic carbocycles. The lowest BCUT2D eigenvalue weighted by Gasteiger charge is -2.40. The van der Waals surface area contributed by atoms with E-state index < -0.39 is 20.1 Å². The molecule has 0 heterocycles. The third kappa shape index (κ3) is 4.10. The second-order valence-electron chi connectivity index (χ2n) is 6.82. The minimum Gasteiger partial charge on any atom is -0.464 e. The second-order valence-corrected chi connectivity index (χ2v) is 11.5. The number of amides is 2. The van der Waals surface area contributed by atoms with E-state index in [1.165, 1.54) is 5.19 Å². The standard InChI is InChI=1S/C18H27NO3Si/c1-7-19(18(21)22)17(20)14(4)16(13(2)3)23(5,6)15-11-9-8-10-12-15/h7-14,16H,1H2,2-6H3,(H,21,22)/t14-,16-/m0/s1. The summed E-state index contributed by atoms with van der Waals surface area (Å²) in [7, 11) is -1.97. The molecule has 2 atom stereocenters. The van der Waals surface area contributed by atoms with Crippen LogP contribution < -0.4 is 5.19 Å². The second kappa shape index (κ2) is 7.59. The minimum absolute atomic E-state index is 0.124. The number of carboxylic acid groups (broad SMARTS) is 1. The molecule has 126 valence electrons. The van der Waals surface area contributed by atoms with Gasteiger partial charge in [-0.3, -0.25) is 4.79 Å². The van der Waals surface area contributed by atoms with Crippen molar-refractivity contribution in [3.05, 3.63) is 43.1 Å². The minimum atomic E-state index is -1.97. The monoisotopic (exact) mass is 333 g/mol. The molecule has 4 nitrogen and oxygen atoms in total. The van der Waals surface area contributed by atoms with Gasteiger partial charge in [-0.05, 0) is 11.5 Å². The van der Waals surface area contributed by atoms with Crippen LogP contribution in [-0.2, 0) is 4.79 Å². The molecule has 0 aliphatic rings. The van der Waals surface area contributed by atoms with Gasteiger partial charge in [0, 0.05) is 12.1 Å². The van der Waals surface area contributed by atoms with Gasteiger partial charge >= 0.3 is 6.09 Å². The van der Waals surface area contributed by atoms with Crippen LogP contribution in [0.2, 0.25) is 18.6 Å². The van der Waals surface area contributed by atoms with Gasteiger partial charge in [-0.1, -0.05) is 76.0 Å². The van der Waals surface area contributed by atoms with Gasteiger partial charge < -0.3 is 5.11 Å². The first-order valence-corrected chi connectivity index (χ1v) is 11.0. The summed E-state index contributed by atoms with van der Waals surface area (Å²) in [5, 5.41) is 10.5. The zero-order chi connectivity index (χ0) is 17.8. The van der Waals surface area contributed by atoms with Gasteiger partial charge in [0.15, 0.2) is 0 Å². The zero-order valence-electron chi connectivity index (χ0n) is 14.6. The number of benzene rings is 1. The number of nitrogens with zero attached hydrogens (tertiary/aromatic N) is 1. The van der Waals surface area contributed by atoms with E-state index in [0.29, 0.717) is 4.90 Å². The maximum atomic E-state index is 12.6. The highest BCUT2D eigenvalue weighted by Crippen LogP contribution is 2.37. The van der Waals surface area contributed by atoms with Crippen LogP contribution in [0, 0.1) is 11.8 Å². The van der Waals surface area contributed by atoms with Gasteiger partial charge in [0.2, 0.25) is 5.91 Å². The van der Waals surface area contributed by atoms with Crippen LogP contribution in [0.25, 0.3) is 0 Å². The number of carbonyl (C=O) groups excluding carboxylic acids is 1. The van der Waals surface area contributed by atoms with Crippen molar-refractivity contribution in [1.29, 1.82) is 0 Å². The number of hydrogen-bond acceptors (Lipinski definition) is 2. The molecule has 1 rings (SSSR count). The van der Waals surface area contributed by atoms with Crippen LogP contribution >= 0.6 is 0 Å². The average Bonchev–Trinajstić information content (AvgIpc) is 2.47. The highest BCUT2D eigenvalue weighted by molar-refractivity contribution is 6.91. The number of rotatable bonds is 6. The molecule has 0 aromatic heterocycles. The van der Waals surface area contributed by atoms with Crippen molar-refractivity contribution in [2.45, 2.75) is 39.4 Å². The fourth-order valence-corrected chi connectivity index (χ4v) is 8.23. The fraction of sp³-hybridized carbons (Fsp3) is 0.444. The molecule has 2 amide bonds. The molecular weight excluding hydrogens is 306 g/mol. The van der Waals surface area contributed by atoms with E-state index in [9.17, 15) is 14.7 Å². The summed E-state index contributed by atoms with van der Waals surface area (Å²) < 4.78 is 0. The molecule has 0 bridgehead atoms. The van der Waals surface area contributed by atoms with E-state index >= 15 is 0 Å². The van der Waals surface area contributed by atoms with Crippen molar-refractivity contribution in [3.63, 3.8) is 0 Å². The first kappa shape index (κ1) is 19.2. The molecule has 0 spiro atoms. The Bertz CT molecular complexity index is 569. The van der Waals surface area contributed by atoms with Crippen molar-refractivity contribution in [2.24, 2.45) is 11.8 Å². The van der Waals surface area contributed by atoms with Crippen molar-refractivity contribution < 1.29 is 14.7 Å². The lowest BCUT2D eigenvalue weighted by molar-refractivity contribution is -0.131. The Kier molecular flexibility index (Phi) is 6.33. The van der Waals surface area contributed by atoms with Crippen molar-refractivity contribution in [1.82, 2.24) is 4.90 Å². The van der Waals surface area contributed by atoms with Crippen LogP contribution in [0.3, 0.4) is 0 Å². The lowest BCUT2D eigenvalue weighted by atomic mass is 9.96. The molecule has 5 heteroatoms.